The molecule has 7 heteroatoms. The summed E-state index contributed by atoms with van der Waals surface area (Å²) < 4.78 is 0. The molecule has 2 amide bonds. The lowest BCUT2D eigenvalue weighted by Crippen LogP contribution is -2.53. The maximum atomic E-state index is 11.8. The summed E-state index contributed by atoms with van der Waals surface area (Å²) in [7, 11) is 0. The van der Waals surface area contributed by atoms with Gasteiger partial charge in [-0.05, 0) is 20.3 Å². The van der Waals surface area contributed by atoms with Gasteiger partial charge in [0.25, 0.3) is 5.91 Å². The number of hydrogen-bond donors (Lipinski definition) is 3. The van der Waals surface area contributed by atoms with Crippen LogP contribution < -0.4 is 16.4 Å². The van der Waals surface area contributed by atoms with Crippen molar-refractivity contribution in [3.05, 3.63) is 18.1 Å². The third-order valence-corrected chi connectivity index (χ3v) is 2.48. The average molecular weight is 265 g/mol. The largest absolute Gasteiger partial charge is 0.369 e. The van der Waals surface area contributed by atoms with Crippen molar-refractivity contribution in [1.82, 2.24) is 15.3 Å². The Bertz CT molecular complexity index is 456. The van der Waals surface area contributed by atoms with Crippen LogP contribution >= 0.6 is 0 Å². The van der Waals surface area contributed by atoms with Gasteiger partial charge in [-0.15, -0.1) is 0 Å². The Hall–Kier alpha value is -2.18. The Balaban J connectivity index is 2.70. The maximum absolute atomic E-state index is 11.8. The average Bonchev–Trinajstić information content (AvgIpc) is 2.36. The fraction of sp³-hybridized carbons (Fsp3) is 0.500. The van der Waals surface area contributed by atoms with Crippen LogP contribution in [0.3, 0.4) is 0 Å². The van der Waals surface area contributed by atoms with E-state index in [1.807, 2.05) is 6.92 Å². The Labute approximate surface area is 112 Å². The van der Waals surface area contributed by atoms with Crippen molar-refractivity contribution in [2.75, 3.05) is 11.9 Å². The summed E-state index contributed by atoms with van der Waals surface area (Å²) in [5, 5.41) is 5.55. The highest BCUT2D eigenvalue weighted by molar-refractivity contribution is 5.97. The molecule has 1 heterocycles. The summed E-state index contributed by atoms with van der Waals surface area (Å²) >= 11 is 0. The van der Waals surface area contributed by atoms with Crippen LogP contribution in [-0.2, 0) is 4.79 Å². The summed E-state index contributed by atoms with van der Waals surface area (Å²) in [5.41, 5.74) is 4.18. The first-order chi connectivity index (χ1) is 8.86. The predicted molar refractivity (Wildman–Crippen MR) is 71.6 cm³/mol. The Kier molecular flexibility index (Phi) is 4.80. The molecule has 0 aliphatic heterocycles. The van der Waals surface area contributed by atoms with Crippen LogP contribution in [0.2, 0.25) is 0 Å². The van der Waals surface area contributed by atoms with Gasteiger partial charge in [0.15, 0.2) is 0 Å². The fourth-order valence-electron chi connectivity index (χ4n) is 1.20. The van der Waals surface area contributed by atoms with E-state index in [0.29, 0.717) is 5.82 Å². The van der Waals surface area contributed by atoms with Crippen molar-refractivity contribution >= 4 is 17.6 Å². The molecule has 1 aromatic rings. The normalized spacial score (nSPS) is 10.9. The van der Waals surface area contributed by atoms with Gasteiger partial charge in [-0.3, -0.25) is 9.59 Å². The van der Waals surface area contributed by atoms with Crippen molar-refractivity contribution in [2.45, 2.75) is 32.7 Å². The van der Waals surface area contributed by atoms with E-state index in [1.54, 1.807) is 0 Å². The monoisotopic (exact) mass is 265 g/mol. The molecule has 0 aliphatic carbocycles. The summed E-state index contributed by atoms with van der Waals surface area (Å²) in [6.45, 7) is 5.87. The highest BCUT2D eigenvalue weighted by Crippen LogP contribution is 2.05. The molecule has 0 fully saturated rings. The van der Waals surface area contributed by atoms with E-state index in [1.165, 1.54) is 26.2 Å². The van der Waals surface area contributed by atoms with Crippen LogP contribution in [0.25, 0.3) is 0 Å². The molecule has 1 aromatic heterocycles. The minimum atomic E-state index is -1.13. The number of hydrogen-bond acceptors (Lipinski definition) is 5. The van der Waals surface area contributed by atoms with E-state index in [2.05, 4.69) is 20.6 Å². The fourth-order valence-corrected chi connectivity index (χ4v) is 1.20. The quantitative estimate of drug-likeness (QED) is 0.685. The zero-order valence-corrected chi connectivity index (χ0v) is 11.4. The van der Waals surface area contributed by atoms with Crippen molar-refractivity contribution in [3.63, 3.8) is 0 Å². The van der Waals surface area contributed by atoms with E-state index in [4.69, 9.17) is 5.73 Å². The zero-order chi connectivity index (χ0) is 14.5. The first kappa shape index (κ1) is 14.9. The molecule has 0 unspecified atom stereocenters. The number of anilines is 1. The van der Waals surface area contributed by atoms with Crippen molar-refractivity contribution in [3.8, 4) is 0 Å². The Morgan fingerprint density at radius 3 is 2.47 bits per heavy atom. The highest BCUT2D eigenvalue weighted by Gasteiger charge is 2.27. The molecule has 0 bridgehead atoms. The zero-order valence-electron chi connectivity index (χ0n) is 11.4. The number of primary amides is 1. The lowest BCUT2D eigenvalue weighted by atomic mass is 10.1. The minimum absolute atomic E-state index is 0.136. The van der Waals surface area contributed by atoms with Gasteiger partial charge in [0.05, 0.1) is 12.4 Å². The molecule has 7 nitrogen and oxygen atoms in total. The molecule has 0 spiro atoms. The van der Waals surface area contributed by atoms with E-state index in [-0.39, 0.29) is 5.69 Å². The number of rotatable bonds is 6. The van der Waals surface area contributed by atoms with E-state index in [0.717, 1.165) is 13.0 Å². The molecular weight excluding hydrogens is 246 g/mol. The number of amides is 2. The summed E-state index contributed by atoms with van der Waals surface area (Å²) in [6, 6.07) is 0. The molecule has 19 heavy (non-hydrogen) atoms. The van der Waals surface area contributed by atoms with Crippen LogP contribution in [-0.4, -0.2) is 33.9 Å². The molecule has 104 valence electrons. The minimum Gasteiger partial charge on any atom is -0.369 e. The van der Waals surface area contributed by atoms with Gasteiger partial charge in [0.1, 0.15) is 17.1 Å². The SMILES string of the molecule is CCCNc1cnc(C(=O)NC(C)(C)C(N)=O)cn1. The second-order valence-electron chi connectivity index (χ2n) is 4.66. The molecule has 0 saturated heterocycles. The molecule has 1 rings (SSSR count). The van der Waals surface area contributed by atoms with Crippen LogP contribution in [0.1, 0.15) is 37.7 Å². The lowest BCUT2D eigenvalue weighted by molar-refractivity contribution is -0.122. The number of aromatic nitrogens is 2. The maximum Gasteiger partial charge on any atom is 0.272 e. The number of carbonyl (C=O) groups is 2. The second kappa shape index (κ2) is 6.12. The van der Waals surface area contributed by atoms with Crippen LogP contribution in [0, 0.1) is 0 Å². The number of nitrogens with two attached hydrogens (primary N) is 1. The van der Waals surface area contributed by atoms with E-state index >= 15 is 0 Å². The molecule has 0 aromatic carbocycles. The van der Waals surface area contributed by atoms with Gasteiger partial charge < -0.3 is 16.4 Å². The predicted octanol–water partition coefficient (Wildman–Crippen LogP) is 0.292. The summed E-state index contributed by atoms with van der Waals surface area (Å²) in [4.78, 5) is 31.0. The molecule has 0 radical (unpaired) electrons. The summed E-state index contributed by atoms with van der Waals surface area (Å²) in [6.07, 6.45) is 3.79. The third-order valence-electron chi connectivity index (χ3n) is 2.48. The second-order valence-corrected chi connectivity index (χ2v) is 4.66. The standard InChI is InChI=1S/C12H19N5O2/c1-4-5-14-9-7-15-8(6-16-9)10(18)17-12(2,3)11(13)19/h6-7H,4-5H2,1-3H3,(H2,13,19)(H,14,16)(H,17,18). The van der Waals surface area contributed by atoms with Gasteiger partial charge in [0.2, 0.25) is 5.91 Å². The molecule has 0 saturated carbocycles. The van der Waals surface area contributed by atoms with Crippen LogP contribution in [0.5, 0.6) is 0 Å². The topological polar surface area (TPSA) is 110 Å². The highest BCUT2D eigenvalue weighted by atomic mass is 16.2. The lowest BCUT2D eigenvalue weighted by Gasteiger charge is -2.21. The smallest absolute Gasteiger partial charge is 0.272 e. The Morgan fingerprint density at radius 2 is 2.00 bits per heavy atom. The van der Waals surface area contributed by atoms with E-state index in [9.17, 15) is 9.59 Å². The van der Waals surface area contributed by atoms with Crippen LogP contribution in [0.4, 0.5) is 5.82 Å². The number of nitrogens with zero attached hydrogens (tertiary/aromatic N) is 2. The first-order valence-corrected chi connectivity index (χ1v) is 6.05. The number of carbonyl (C=O) groups excluding carboxylic acids is 2. The van der Waals surface area contributed by atoms with Gasteiger partial charge in [-0.2, -0.15) is 0 Å². The van der Waals surface area contributed by atoms with Crippen molar-refractivity contribution in [2.24, 2.45) is 5.73 Å². The Morgan fingerprint density at radius 1 is 1.32 bits per heavy atom. The molecular formula is C12H19N5O2. The number of nitrogens with one attached hydrogen (secondary N) is 2. The molecule has 4 N–H and O–H groups in total. The van der Waals surface area contributed by atoms with Crippen molar-refractivity contribution < 1.29 is 9.59 Å². The summed E-state index contributed by atoms with van der Waals surface area (Å²) in [5.74, 6) is -0.499. The third kappa shape index (κ3) is 4.20. The van der Waals surface area contributed by atoms with Crippen LogP contribution in [0.15, 0.2) is 12.4 Å². The molecule has 0 aliphatic rings. The van der Waals surface area contributed by atoms with E-state index < -0.39 is 17.4 Å². The van der Waals surface area contributed by atoms with Gasteiger partial charge in [-0.1, -0.05) is 6.92 Å². The van der Waals surface area contributed by atoms with Gasteiger partial charge in [-0.25, -0.2) is 9.97 Å². The van der Waals surface area contributed by atoms with Gasteiger partial charge >= 0.3 is 0 Å². The van der Waals surface area contributed by atoms with Gasteiger partial charge in [0, 0.05) is 6.54 Å². The van der Waals surface area contributed by atoms with Crippen molar-refractivity contribution in [1.29, 1.82) is 0 Å². The molecule has 0 atom stereocenters. The first-order valence-electron chi connectivity index (χ1n) is 6.05.